The van der Waals surface area contributed by atoms with Gasteiger partial charge in [0.15, 0.2) is 5.76 Å². The molecular weight excluding hydrogens is 310 g/mol. The van der Waals surface area contributed by atoms with E-state index < -0.39 is 5.97 Å². The van der Waals surface area contributed by atoms with Gasteiger partial charge in [0.25, 0.3) is 0 Å². The molecule has 4 heterocycles. The standard InChI is InChI=1S/C16H13N5O3/c1-8-5-9(10-3-2-4-24-10)20-13-12-15(17)18-7-19-16(12)21(14(8)13)6-11(22)23/h2-5,7H,6H2,1H3,(H,22,23)(H2,17,18,19). The Kier molecular flexibility index (Phi) is 2.99. The van der Waals surface area contributed by atoms with Gasteiger partial charge in [-0.2, -0.15) is 0 Å². The smallest absolute Gasteiger partial charge is 0.323 e. The number of aryl methyl sites for hydroxylation is 1. The number of nitrogen functional groups attached to an aromatic ring is 1. The highest BCUT2D eigenvalue weighted by atomic mass is 16.4. The van der Waals surface area contributed by atoms with E-state index in [-0.39, 0.29) is 12.4 Å². The normalized spacial score (nSPS) is 11.4. The van der Waals surface area contributed by atoms with Gasteiger partial charge in [0.05, 0.1) is 17.2 Å². The molecule has 0 atom stereocenters. The topological polar surface area (TPSA) is 120 Å². The lowest BCUT2D eigenvalue weighted by Gasteiger charge is -2.06. The molecule has 3 N–H and O–H groups in total. The molecular formula is C16H13N5O3. The second-order valence-corrected chi connectivity index (χ2v) is 5.44. The maximum absolute atomic E-state index is 11.3. The molecule has 0 unspecified atom stereocenters. The fraction of sp³-hybridized carbons (Fsp3) is 0.125. The van der Waals surface area contributed by atoms with Gasteiger partial charge in [-0.15, -0.1) is 0 Å². The summed E-state index contributed by atoms with van der Waals surface area (Å²) in [5, 5.41) is 9.78. The predicted octanol–water partition coefficient (Wildman–Crippen LogP) is 2.21. The van der Waals surface area contributed by atoms with Crippen LogP contribution in [0.15, 0.2) is 35.2 Å². The highest BCUT2D eigenvalue weighted by Gasteiger charge is 2.20. The second-order valence-electron chi connectivity index (χ2n) is 5.44. The van der Waals surface area contributed by atoms with Crippen LogP contribution in [0, 0.1) is 6.92 Å². The summed E-state index contributed by atoms with van der Waals surface area (Å²) in [6, 6.07) is 5.44. The molecule has 0 aliphatic heterocycles. The van der Waals surface area contributed by atoms with Crippen LogP contribution in [0.25, 0.3) is 33.5 Å². The van der Waals surface area contributed by atoms with E-state index in [1.807, 2.05) is 19.1 Å². The Labute approximate surface area is 135 Å². The molecule has 4 aromatic heterocycles. The number of anilines is 1. The highest BCUT2D eigenvalue weighted by Crippen LogP contribution is 2.33. The summed E-state index contributed by atoms with van der Waals surface area (Å²) in [6.45, 7) is 1.65. The molecule has 0 aromatic carbocycles. The van der Waals surface area contributed by atoms with Crippen LogP contribution in [0.5, 0.6) is 0 Å². The number of fused-ring (bicyclic) bond motifs is 3. The van der Waals surface area contributed by atoms with Gasteiger partial charge in [0.1, 0.15) is 35.5 Å². The maximum atomic E-state index is 11.3. The van der Waals surface area contributed by atoms with Gasteiger partial charge in [-0.1, -0.05) is 0 Å². The largest absolute Gasteiger partial charge is 0.480 e. The Morgan fingerprint density at radius 3 is 2.96 bits per heavy atom. The van der Waals surface area contributed by atoms with Crippen LogP contribution in [-0.2, 0) is 11.3 Å². The molecule has 0 spiro atoms. The number of aliphatic carboxylic acids is 1. The van der Waals surface area contributed by atoms with E-state index in [4.69, 9.17) is 10.2 Å². The summed E-state index contributed by atoms with van der Waals surface area (Å²) in [6.07, 6.45) is 2.89. The molecule has 8 heteroatoms. The van der Waals surface area contributed by atoms with Crippen LogP contribution in [0.1, 0.15) is 5.56 Å². The van der Waals surface area contributed by atoms with Crippen molar-refractivity contribution in [2.75, 3.05) is 5.73 Å². The van der Waals surface area contributed by atoms with Gasteiger partial charge >= 0.3 is 5.97 Å². The summed E-state index contributed by atoms with van der Waals surface area (Å²) in [5.41, 5.74) is 9.20. The lowest BCUT2D eigenvalue weighted by molar-refractivity contribution is -0.137. The quantitative estimate of drug-likeness (QED) is 0.593. The number of nitrogens with two attached hydrogens (primary N) is 1. The third kappa shape index (κ3) is 2.00. The van der Waals surface area contributed by atoms with Gasteiger partial charge in [-0.05, 0) is 30.7 Å². The number of hydrogen-bond donors (Lipinski definition) is 2. The first-order chi connectivity index (χ1) is 11.6. The first kappa shape index (κ1) is 14.2. The molecule has 8 nitrogen and oxygen atoms in total. The molecule has 0 bridgehead atoms. The van der Waals surface area contributed by atoms with Crippen molar-refractivity contribution in [3.8, 4) is 11.5 Å². The third-order valence-electron chi connectivity index (χ3n) is 3.87. The molecule has 120 valence electrons. The van der Waals surface area contributed by atoms with Crippen LogP contribution >= 0.6 is 0 Å². The molecule has 24 heavy (non-hydrogen) atoms. The Morgan fingerprint density at radius 2 is 2.25 bits per heavy atom. The van der Waals surface area contributed by atoms with E-state index in [1.165, 1.54) is 6.33 Å². The zero-order chi connectivity index (χ0) is 16.8. The average Bonchev–Trinajstić information content (AvgIpc) is 3.15. The van der Waals surface area contributed by atoms with Crippen LogP contribution < -0.4 is 5.73 Å². The SMILES string of the molecule is Cc1cc(-c2ccco2)nc2c3c(N)ncnc3n(CC(=O)O)c12. The maximum Gasteiger partial charge on any atom is 0.323 e. The van der Waals surface area contributed by atoms with Crippen molar-refractivity contribution in [1.29, 1.82) is 0 Å². The minimum Gasteiger partial charge on any atom is -0.480 e. The van der Waals surface area contributed by atoms with E-state index in [1.54, 1.807) is 16.9 Å². The molecule has 0 fully saturated rings. The Morgan fingerprint density at radius 1 is 1.42 bits per heavy atom. The van der Waals surface area contributed by atoms with E-state index in [0.717, 1.165) is 5.56 Å². The number of carboxylic acid groups (broad SMARTS) is 1. The van der Waals surface area contributed by atoms with E-state index in [2.05, 4.69) is 15.0 Å². The second kappa shape index (κ2) is 5.05. The van der Waals surface area contributed by atoms with Crippen LogP contribution in [0.4, 0.5) is 5.82 Å². The van der Waals surface area contributed by atoms with E-state index in [0.29, 0.717) is 33.5 Å². The number of pyridine rings is 1. The van der Waals surface area contributed by atoms with Gasteiger partial charge in [-0.3, -0.25) is 4.79 Å². The summed E-state index contributed by atoms with van der Waals surface area (Å²) in [5.74, 6) is -0.0901. The van der Waals surface area contributed by atoms with Crippen molar-refractivity contribution in [2.24, 2.45) is 0 Å². The van der Waals surface area contributed by atoms with Crippen molar-refractivity contribution in [3.05, 3.63) is 36.4 Å². The molecule has 0 saturated heterocycles. The third-order valence-corrected chi connectivity index (χ3v) is 3.87. The molecule has 0 aliphatic carbocycles. The van der Waals surface area contributed by atoms with Gasteiger partial charge in [-0.25, -0.2) is 15.0 Å². The summed E-state index contributed by atoms with van der Waals surface area (Å²) < 4.78 is 7.01. The zero-order valence-electron chi connectivity index (χ0n) is 12.7. The first-order valence-corrected chi connectivity index (χ1v) is 7.22. The Bertz CT molecular complexity index is 1080. The minimum absolute atomic E-state index is 0.237. The monoisotopic (exact) mass is 323 g/mol. The number of nitrogens with zero attached hydrogens (tertiary/aromatic N) is 4. The summed E-state index contributed by atoms with van der Waals surface area (Å²) >= 11 is 0. The first-order valence-electron chi connectivity index (χ1n) is 7.22. The summed E-state index contributed by atoms with van der Waals surface area (Å²) in [4.78, 5) is 24.1. The highest BCUT2D eigenvalue weighted by molar-refractivity contribution is 6.11. The number of carboxylic acids is 1. The van der Waals surface area contributed by atoms with E-state index >= 15 is 0 Å². The average molecular weight is 323 g/mol. The number of rotatable bonds is 3. The molecule has 0 saturated carbocycles. The number of hydrogen-bond acceptors (Lipinski definition) is 6. The van der Waals surface area contributed by atoms with Gasteiger partial charge in [0, 0.05) is 0 Å². The number of aromatic nitrogens is 4. The predicted molar refractivity (Wildman–Crippen MR) is 87.3 cm³/mol. The van der Waals surface area contributed by atoms with Crippen molar-refractivity contribution in [2.45, 2.75) is 13.5 Å². The van der Waals surface area contributed by atoms with Crippen molar-refractivity contribution >= 4 is 33.9 Å². The van der Waals surface area contributed by atoms with Crippen molar-refractivity contribution in [1.82, 2.24) is 19.5 Å². The van der Waals surface area contributed by atoms with Gasteiger partial charge in [0.2, 0.25) is 0 Å². The molecule has 0 aliphatic rings. The fourth-order valence-electron chi connectivity index (χ4n) is 2.95. The molecule has 4 aromatic rings. The van der Waals surface area contributed by atoms with Crippen LogP contribution in [0.3, 0.4) is 0 Å². The van der Waals surface area contributed by atoms with Crippen molar-refractivity contribution < 1.29 is 14.3 Å². The zero-order valence-corrected chi connectivity index (χ0v) is 12.7. The fourth-order valence-corrected chi connectivity index (χ4v) is 2.95. The Balaban J connectivity index is 2.15. The molecule has 0 radical (unpaired) electrons. The molecule has 0 amide bonds. The lowest BCUT2D eigenvalue weighted by Crippen LogP contribution is -2.09. The van der Waals surface area contributed by atoms with E-state index in [9.17, 15) is 9.90 Å². The van der Waals surface area contributed by atoms with Gasteiger partial charge < -0.3 is 19.8 Å². The molecule has 4 rings (SSSR count). The Hall–Kier alpha value is -3.42. The van der Waals surface area contributed by atoms with Crippen LogP contribution in [0.2, 0.25) is 0 Å². The number of carbonyl (C=O) groups is 1. The van der Waals surface area contributed by atoms with Crippen LogP contribution in [-0.4, -0.2) is 30.6 Å². The lowest BCUT2D eigenvalue weighted by atomic mass is 10.1. The minimum atomic E-state index is -0.972. The van der Waals surface area contributed by atoms with Crippen molar-refractivity contribution in [3.63, 3.8) is 0 Å². The number of furan rings is 1. The summed E-state index contributed by atoms with van der Waals surface area (Å²) in [7, 11) is 0.